The highest BCUT2D eigenvalue weighted by atomic mass is 15.1. The molecule has 5 nitrogen and oxygen atoms in total. The quantitative estimate of drug-likeness (QED) is 0.820. The minimum absolute atomic E-state index is 0.729. The number of nitrogens with zero attached hydrogens (tertiary/aromatic N) is 3. The van der Waals surface area contributed by atoms with Gasteiger partial charge in [-0.05, 0) is 32.9 Å². The zero-order valence-corrected chi connectivity index (χ0v) is 12.2. The van der Waals surface area contributed by atoms with Crippen molar-refractivity contribution >= 4 is 11.6 Å². The van der Waals surface area contributed by atoms with Crippen molar-refractivity contribution in [2.45, 2.75) is 26.7 Å². The summed E-state index contributed by atoms with van der Waals surface area (Å²) in [5, 5.41) is 6.72. The van der Waals surface area contributed by atoms with Gasteiger partial charge in [0.1, 0.15) is 17.5 Å². The lowest BCUT2D eigenvalue weighted by molar-refractivity contribution is 0.399. The molecule has 1 aliphatic rings. The van der Waals surface area contributed by atoms with Gasteiger partial charge >= 0.3 is 0 Å². The first-order chi connectivity index (χ1) is 9.21. The van der Waals surface area contributed by atoms with E-state index < -0.39 is 0 Å². The molecule has 2 heterocycles. The fourth-order valence-corrected chi connectivity index (χ4v) is 2.46. The fourth-order valence-electron chi connectivity index (χ4n) is 2.46. The topological polar surface area (TPSA) is 53.1 Å². The van der Waals surface area contributed by atoms with E-state index in [9.17, 15) is 0 Å². The molecule has 1 atom stereocenters. The van der Waals surface area contributed by atoms with E-state index in [-0.39, 0.29) is 0 Å². The molecule has 1 fully saturated rings. The Hall–Kier alpha value is -1.36. The number of hydrogen-bond acceptors (Lipinski definition) is 5. The molecule has 2 N–H and O–H groups in total. The van der Waals surface area contributed by atoms with E-state index in [2.05, 4.69) is 46.4 Å². The van der Waals surface area contributed by atoms with Gasteiger partial charge < -0.3 is 15.5 Å². The van der Waals surface area contributed by atoms with E-state index in [1.165, 1.54) is 19.5 Å². The lowest BCUT2D eigenvalue weighted by Gasteiger charge is -2.13. The maximum absolute atomic E-state index is 4.54. The van der Waals surface area contributed by atoms with Crippen LogP contribution in [0.25, 0.3) is 0 Å². The Balaban J connectivity index is 1.96. The highest BCUT2D eigenvalue weighted by Crippen LogP contribution is 2.16. The molecule has 0 aromatic carbocycles. The molecule has 19 heavy (non-hydrogen) atoms. The molecule has 106 valence electrons. The van der Waals surface area contributed by atoms with Crippen molar-refractivity contribution in [1.29, 1.82) is 0 Å². The molecule has 1 saturated heterocycles. The molecule has 1 aromatic rings. The summed E-state index contributed by atoms with van der Waals surface area (Å²) in [6.07, 6.45) is 2.13. The average Bonchev–Trinajstić information content (AvgIpc) is 2.82. The van der Waals surface area contributed by atoms with Gasteiger partial charge in [-0.3, -0.25) is 0 Å². The van der Waals surface area contributed by atoms with Crippen molar-refractivity contribution in [2.75, 3.05) is 43.9 Å². The third kappa shape index (κ3) is 4.06. The second-order valence-electron chi connectivity index (χ2n) is 5.24. The molecular formula is C14H25N5. The van der Waals surface area contributed by atoms with E-state index in [1.807, 2.05) is 6.07 Å². The van der Waals surface area contributed by atoms with Crippen molar-refractivity contribution in [2.24, 2.45) is 5.92 Å². The molecule has 0 spiro atoms. The molecule has 0 amide bonds. The SMILES string of the molecule is CCNc1cc(NCC2CCN(C)C2)nc(CC)n1. The maximum atomic E-state index is 4.54. The second-order valence-corrected chi connectivity index (χ2v) is 5.24. The van der Waals surface area contributed by atoms with Crippen LogP contribution >= 0.6 is 0 Å². The van der Waals surface area contributed by atoms with Gasteiger partial charge in [0.25, 0.3) is 0 Å². The van der Waals surface area contributed by atoms with Gasteiger partial charge in [0.15, 0.2) is 0 Å². The number of aryl methyl sites for hydroxylation is 1. The van der Waals surface area contributed by atoms with Crippen molar-refractivity contribution in [3.63, 3.8) is 0 Å². The third-order valence-electron chi connectivity index (χ3n) is 3.51. The van der Waals surface area contributed by atoms with Gasteiger partial charge in [-0.1, -0.05) is 6.92 Å². The van der Waals surface area contributed by atoms with E-state index in [4.69, 9.17) is 0 Å². The van der Waals surface area contributed by atoms with Crippen LogP contribution in [0.3, 0.4) is 0 Å². The monoisotopic (exact) mass is 263 g/mol. The predicted molar refractivity (Wildman–Crippen MR) is 79.7 cm³/mol. The zero-order chi connectivity index (χ0) is 13.7. The average molecular weight is 263 g/mol. The Kier molecular flexibility index (Phi) is 4.96. The van der Waals surface area contributed by atoms with E-state index in [0.29, 0.717) is 0 Å². The summed E-state index contributed by atoms with van der Waals surface area (Å²) in [6, 6.07) is 2.00. The van der Waals surface area contributed by atoms with Crippen LogP contribution in [-0.2, 0) is 6.42 Å². The molecule has 5 heteroatoms. The number of nitrogens with one attached hydrogen (secondary N) is 2. The number of rotatable bonds is 6. The normalized spacial score (nSPS) is 19.6. The number of anilines is 2. The number of aromatic nitrogens is 2. The summed E-state index contributed by atoms with van der Waals surface area (Å²) >= 11 is 0. The largest absolute Gasteiger partial charge is 0.370 e. The van der Waals surface area contributed by atoms with E-state index in [0.717, 1.165) is 42.9 Å². The second kappa shape index (κ2) is 6.70. The Morgan fingerprint density at radius 1 is 1.26 bits per heavy atom. The number of likely N-dealkylation sites (tertiary alicyclic amines) is 1. The van der Waals surface area contributed by atoms with Crippen molar-refractivity contribution in [3.8, 4) is 0 Å². The maximum Gasteiger partial charge on any atom is 0.132 e. The van der Waals surface area contributed by atoms with Crippen LogP contribution in [0, 0.1) is 5.92 Å². The van der Waals surface area contributed by atoms with Crippen molar-refractivity contribution in [3.05, 3.63) is 11.9 Å². The summed E-state index contributed by atoms with van der Waals surface area (Å²) in [5.41, 5.74) is 0. The number of hydrogen-bond donors (Lipinski definition) is 2. The third-order valence-corrected chi connectivity index (χ3v) is 3.51. The van der Waals surface area contributed by atoms with Crippen molar-refractivity contribution < 1.29 is 0 Å². The van der Waals surface area contributed by atoms with Crippen LogP contribution < -0.4 is 10.6 Å². The molecule has 0 radical (unpaired) electrons. The molecule has 1 aliphatic heterocycles. The lowest BCUT2D eigenvalue weighted by Crippen LogP contribution is -2.19. The molecule has 0 saturated carbocycles. The van der Waals surface area contributed by atoms with Crippen LogP contribution in [-0.4, -0.2) is 48.1 Å². The van der Waals surface area contributed by atoms with E-state index in [1.54, 1.807) is 0 Å². The summed E-state index contributed by atoms with van der Waals surface area (Å²) in [7, 11) is 2.18. The van der Waals surface area contributed by atoms with Gasteiger partial charge in [-0.15, -0.1) is 0 Å². The molecule has 1 aromatic heterocycles. The van der Waals surface area contributed by atoms with Gasteiger partial charge in [0.05, 0.1) is 0 Å². The van der Waals surface area contributed by atoms with Crippen LogP contribution in [0.5, 0.6) is 0 Å². The standard InChI is InChI=1S/C14H25N5/c1-4-12-17-13(15-5-2)8-14(18-12)16-9-11-6-7-19(3)10-11/h8,11H,4-7,9-10H2,1-3H3,(H2,15,16,17,18). The minimum Gasteiger partial charge on any atom is -0.370 e. The summed E-state index contributed by atoms with van der Waals surface area (Å²) in [5.74, 6) is 3.48. The highest BCUT2D eigenvalue weighted by Gasteiger charge is 2.19. The van der Waals surface area contributed by atoms with Crippen LogP contribution in [0.15, 0.2) is 6.07 Å². The van der Waals surface area contributed by atoms with Gasteiger partial charge in [-0.25, -0.2) is 9.97 Å². The molecular weight excluding hydrogens is 238 g/mol. The van der Waals surface area contributed by atoms with Gasteiger partial charge in [0, 0.05) is 32.1 Å². The zero-order valence-electron chi connectivity index (χ0n) is 12.2. The first kappa shape index (κ1) is 14.1. The highest BCUT2D eigenvalue weighted by molar-refractivity contribution is 5.47. The van der Waals surface area contributed by atoms with Crippen molar-refractivity contribution in [1.82, 2.24) is 14.9 Å². The van der Waals surface area contributed by atoms with Gasteiger partial charge in [0.2, 0.25) is 0 Å². The Labute approximate surface area is 115 Å². The van der Waals surface area contributed by atoms with Gasteiger partial charge in [-0.2, -0.15) is 0 Å². The molecule has 2 rings (SSSR count). The summed E-state index contributed by atoms with van der Waals surface area (Å²) in [6.45, 7) is 8.43. The Morgan fingerprint density at radius 2 is 2.00 bits per heavy atom. The van der Waals surface area contributed by atoms with E-state index >= 15 is 0 Å². The lowest BCUT2D eigenvalue weighted by atomic mass is 10.1. The Bertz CT molecular complexity index is 407. The predicted octanol–water partition coefficient (Wildman–Crippen LogP) is 1.83. The molecule has 0 aliphatic carbocycles. The fraction of sp³-hybridized carbons (Fsp3) is 0.714. The minimum atomic E-state index is 0.729. The Morgan fingerprint density at radius 3 is 2.58 bits per heavy atom. The van der Waals surface area contributed by atoms with Crippen LogP contribution in [0.1, 0.15) is 26.1 Å². The summed E-state index contributed by atoms with van der Waals surface area (Å²) in [4.78, 5) is 11.4. The first-order valence-corrected chi connectivity index (χ1v) is 7.25. The molecule has 0 bridgehead atoms. The first-order valence-electron chi connectivity index (χ1n) is 7.25. The smallest absolute Gasteiger partial charge is 0.132 e. The molecule has 1 unspecified atom stereocenters. The summed E-state index contributed by atoms with van der Waals surface area (Å²) < 4.78 is 0. The van der Waals surface area contributed by atoms with Crippen LogP contribution in [0.4, 0.5) is 11.6 Å². The van der Waals surface area contributed by atoms with Crippen LogP contribution in [0.2, 0.25) is 0 Å².